The number of nitrogens with zero attached hydrogens (tertiary/aromatic N) is 1. The molecule has 0 aliphatic carbocycles. The monoisotopic (exact) mass is 289 g/mol. The van der Waals surface area contributed by atoms with Gasteiger partial charge in [0.2, 0.25) is 5.91 Å². The highest BCUT2D eigenvalue weighted by Gasteiger charge is 2.30. The number of benzene rings is 1. The maximum atomic E-state index is 12.0. The molecule has 1 aromatic carbocycles. The highest BCUT2D eigenvalue weighted by Crippen LogP contribution is 2.22. The molecule has 0 spiro atoms. The second-order valence-electron chi connectivity index (χ2n) is 5.29. The van der Waals surface area contributed by atoms with Gasteiger partial charge in [0, 0.05) is 30.6 Å². The first kappa shape index (κ1) is 15.1. The minimum atomic E-state index is -0.813. The van der Waals surface area contributed by atoms with E-state index in [9.17, 15) is 9.59 Å². The number of likely N-dealkylation sites (tertiary alicyclic amines) is 1. The molecule has 1 saturated heterocycles. The maximum absolute atomic E-state index is 12.0. The summed E-state index contributed by atoms with van der Waals surface area (Å²) in [6.45, 7) is 3.01. The predicted molar refractivity (Wildman–Crippen MR) is 79.1 cm³/mol. The van der Waals surface area contributed by atoms with Crippen molar-refractivity contribution in [3.8, 4) is 5.75 Å². The molecule has 0 radical (unpaired) electrons. The fourth-order valence-electron chi connectivity index (χ4n) is 2.38. The van der Waals surface area contributed by atoms with Crippen molar-refractivity contribution in [1.29, 1.82) is 0 Å². The molecule has 1 fully saturated rings. The van der Waals surface area contributed by atoms with E-state index in [-0.39, 0.29) is 18.2 Å². The zero-order chi connectivity index (χ0) is 15.4. The summed E-state index contributed by atoms with van der Waals surface area (Å²) < 4.78 is 5.25. The molecule has 1 aliphatic heterocycles. The summed E-state index contributed by atoms with van der Waals surface area (Å²) in [6, 6.07) is 5.77. The van der Waals surface area contributed by atoms with Crippen molar-refractivity contribution in [1.82, 2.24) is 4.90 Å². The van der Waals surface area contributed by atoms with Crippen LogP contribution in [0.25, 0.3) is 6.08 Å². The van der Waals surface area contributed by atoms with Crippen LogP contribution >= 0.6 is 0 Å². The zero-order valence-electron chi connectivity index (χ0n) is 12.2. The number of rotatable bonds is 5. The van der Waals surface area contributed by atoms with E-state index in [1.165, 1.54) is 6.08 Å². The molecule has 1 heterocycles. The summed E-state index contributed by atoms with van der Waals surface area (Å²) in [5, 5.41) is 8.68. The highest BCUT2D eigenvalue weighted by atomic mass is 16.5. The number of aliphatic carboxylic acids is 1. The Morgan fingerprint density at radius 1 is 1.43 bits per heavy atom. The van der Waals surface area contributed by atoms with Gasteiger partial charge >= 0.3 is 5.97 Å². The van der Waals surface area contributed by atoms with Gasteiger partial charge in [0.25, 0.3) is 0 Å². The largest absolute Gasteiger partial charge is 0.496 e. The second kappa shape index (κ2) is 6.43. The second-order valence-corrected chi connectivity index (χ2v) is 5.29. The van der Waals surface area contributed by atoms with Gasteiger partial charge in [-0.05, 0) is 25.1 Å². The third-order valence-electron chi connectivity index (χ3n) is 3.52. The Hall–Kier alpha value is -2.30. The van der Waals surface area contributed by atoms with Crippen LogP contribution < -0.4 is 4.74 Å². The van der Waals surface area contributed by atoms with Gasteiger partial charge in [-0.1, -0.05) is 11.6 Å². The summed E-state index contributed by atoms with van der Waals surface area (Å²) in [7, 11) is 1.59. The molecule has 0 unspecified atom stereocenters. The molecule has 1 aromatic rings. The topological polar surface area (TPSA) is 66.8 Å². The van der Waals surface area contributed by atoms with Gasteiger partial charge in [0.05, 0.1) is 13.5 Å². The fraction of sp³-hybridized carbons (Fsp3) is 0.375. The van der Waals surface area contributed by atoms with Crippen LogP contribution in [0.3, 0.4) is 0 Å². The number of aryl methyl sites for hydroxylation is 1. The van der Waals surface area contributed by atoms with Crippen molar-refractivity contribution in [2.45, 2.75) is 13.3 Å². The average molecular weight is 289 g/mol. The summed E-state index contributed by atoms with van der Waals surface area (Å²) in [6.07, 6.45) is 3.37. The Labute approximate surface area is 123 Å². The molecule has 1 N–H and O–H groups in total. The van der Waals surface area contributed by atoms with Crippen molar-refractivity contribution in [3.63, 3.8) is 0 Å². The Bertz CT molecular complexity index is 574. The number of amides is 1. The first-order chi connectivity index (χ1) is 9.99. The van der Waals surface area contributed by atoms with Gasteiger partial charge in [-0.3, -0.25) is 9.59 Å². The maximum Gasteiger partial charge on any atom is 0.303 e. The van der Waals surface area contributed by atoms with Crippen molar-refractivity contribution in [2.75, 3.05) is 20.2 Å². The number of hydrogen-bond donors (Lipinski definition) is 1. The fourth-order valence-corrected chi connectivity index (χ4v) is 2.38. The van der Waals surface area contributed by atoms with Crippen LogP contribution in [0.2, 0.25) is 0 Å². The zero-order valence-corrected chi connectivity index (χ0v) is 12.2. The highest BCUT2D eigenvalue weighted by molar-refractivity contribution is 5.92. The van der Waals surface area contributed by atoms with Crippen molar-refractivity contribution < 1.29 is 19.4 Å². The van der Waals surface area contributed by atoms with E-state index in [1.54, 1.807) is 18.1 Å². The lowest BCUT2D eigenvalue weighted by atomic mass is 9.96. The van der Waals surface area contributed by atoms with Crippen LogP contribution in [0.15, 0.2) is 24.3 Å². The van der Waals surface area contributed by atoms with Crippen molar-refractivity contribution in [3.05, 3.63) is 35.4 Å². The number of hydrogen-bond acceptors (Lipinski definition) is 3. The Kier molecular flexibility index (Phi) is 4.62. The van der Waals surface area contributed by atoms with E-state index in [1.807, 2.05) is 25.1 Å². The van der Waals surface area contributed by atoms with Crippen LogP contribution in [0.5, 0.6) is 5.75 Å². The lowest BCUT2D eigenvalue weighted by Gasteiger charge is -2.37. The first-order valence-corrected chi connectivity index (χ1v) is 6.83. The van der Waals surface area contributed by atoms with Gasteiger partial charge in [0.15, 0.2) is 0 Å². The van der Waals surface area contributed by atoms with E-state index in [0.29, 0.717) is 13.1 Å². The van der Waals surface area contributed by atoms with Gasteiger partial charge < -0.3 is 14.7 Å². The van der Waals surface area contributed by atoms with Crippen LogP contribution in [0.4, 0.5) is 0 Å². The third-order valence-corrected chi connectivity index (χ3v) is 3.52. The Balaban J connectivity index is 1.95. The van der Waals surface area contributed by atoms with E-state index < -0.39 is 5.97 Å². The minimum Gasteiger partial charge on any atom is -0.496 e. The normalized spacial score (nSPS) is 15.0. The van der Waals surface area contributed by atoms with Crippen LogP contribution in [0.1, 0.15) is 17.5 Å². The number of methoxy groups -OCH3 is 1. The van der Waals surface area contributed by atoms with Gasteiger partial charge in [-0.25, -0.2) is 0 Å². The molecule has 0 saturated carbocycles. The van der Waals surface area contributed by atoms with Gasteiger partial charge in [-0.15, -0.1) is 0 Å². The van der Waals surface area contributed by atoms with Crippen molar-refractivity contribution in [2.24, 2.45) is 5.92 Å². The molecule has 21 heavy (non-hydrogen) atoms. The number of carbonyl (C=O) groups excluding carboxylic acids is 1. The number of carboxylic acid groups (broad SMARTS) is 1. The van der Waals surface area contributed by atoms with E-state index >= 15 is 0 Å². The summed E-state index contributed by atoms with van der Waals surface area (Å²) in [4.78, 5) is 24.2. The quantitative estimate of drug-likeness (QED) is 0.841. The molecule has 2 rings (SSSR count). The molecule has 0 bridgehead atoms. The first-order valence-electron chi connectivity index (χ1n) is 6.83. The number of carbonyl (C=O) groups is 2. The summed E-state index contributed by atoms with van der Waals surface area (Å²) >= 11 is 0. The lowest BCUT2D eigenvalue weighted by Crippen LogP contribution is -2.49. The number of carboxylic acids is 1. The average Bonchev–Trinajstić information content (AvgIpc) is 2.39. The molecule has 0 aromatic heterocycles. The molecule has 1 amide bonds. The van der Waals surface area contributed by atoms with Crippen LogP contribution in [-0.2, 0) is 9.59 Å². The predicted octanol–water partition coefficient (Wildman–Crippen LogP) is 1.95. The standard InChI is InChI=1S/C16H19NO4/c1-11-3-5-14(21-2)13(7-11)4-6-15(18)17-9-12(10-17)8-16(19)20/h3-7,12H,8-10H2,1-2H3,(H,19,20). The smallest absolute Gasteiger partial charge is 0.303 e. The minimum absolute atomic E-state index is 0.0772. The molecular weight excluding hydrogens is 270 g/mol. The van der Waals surface area contributed by atoms with Gasteiger partial charge in [0.1, 0.15) is 5.75 Å². The van der Waals surface area contributed by atoms with Gasteiger partial charge in [-0.2, -0.15) is 0 Å². The third kappa shape index (κ3) is 3.84. The molecule has 5 nitrogen and oxygen atoms in total. The summed E-state index contributed by atoms with van der Waals surface area (Å²) in [5.74, 6) is -0.113. The Morgan fingerprint density at radius 2 is 2.14 bits per heavy atom. The summed E-state index contributed by atoms with van der Waals surface area (Å²) in [5.41, 5.74) is 1.95. The van der Waals surface area contributed by atoms with Crippen molar-refractivity contribution >= 4 is 18.0 Å². The molecular formula is C16H19NO4. The van der Waals surface area contributed by atoms with E-state index in [0.717, 1.165) is 16.9 Å². The lowest BCUT2D eigenvalue weighted by molar-refractivity contribution is -0.143. The molecule has 1 aliphatic rings. The van der Waals surface area contributed by atoms with E-state index in [4.69, 9.17) is 9.84 Å². The molecule has 5 heteroatoms. The SMILES string of the molecule is COc1ccc(C)cc1C=CC(=O)N1CC(CC(=O)O)C1. The molecule has 0 atom stereocenters. The number of ether oxygens (including phenoxy) is 1. The van der Waals surface area contributed by atoms with Crippen LogP contribution in [-0.4, -0.2) is 42.1 Å². The molecule has 112 valence electrons. The van der Waals surface area contributed by atoms with Crippen LogP contribution in [0, 0.1) is 12.8 Å². The Morgan fingerprint density at radius 3 is 2.76 bits per heavy atom. The van der Waals surface area contributed by atoms with E-state index in [2.05, 4.69) is 0 Å².